The van der Waals surface area contributed by atoms with Crippen molar-refractivity contribution in [2.45, 2.75) is 262 Å². The Labute approximate surface area is 858 Å². The minimum absolute atomic E-state index is 0.0258. The lowest BCUT2D eigenvalue weighted by Gasteiger charge is -2.23. The van der Waals surface area contributed by atoms with Gasteiger partial charge in [0, 0.05) is 109 Å². The van der Waals surface area contributed by atoms with E-state index in [4.69, 9.17) is 33.2 Å². The first-order valence-corrected chi connectivity index (χ1v) is 50.5. The van der Waals surface area contributed by atoms with E-state index in [0.29, 0.717) is 90.7 Å². The predicted molar refractivity (Wildman–Crippen MR) is 590 cm³/mol. The molecule has 0 radical (unpaired) electrons. The molecule has 12 aromatic rings. The second-order valence-electron chi connectivity index (χ2n) is 37.0. The standard InChI is InChI=1S/C22H27NO2.C21H27NO3.C21H27NO2.C20H25NO3.2C20H25NO2/c1-5-22(24)23(4)20-8-6-7-18(17-10-11-17)19(20)14-25-21-12-9-15(2)13-16(21)3;1-6-21(23)22(5)18-9-8-10-20(24-7-2)17(18)14-25-19-12-11-15(3)13-16(19)4;1-6-17-9-8-10-19(22(5)21(23)7-2)18(17)14-24-20-12-11-15(3)13-16(20)4;1-5-20(23)21(4)18-8-6-7-16(12-22)17(18)13-24-19-10-9-14(2)11-15(19)3;2*1-6-20(22)21(5)18-9-7-8-15(3)17(18)13-23-19-11-10-14(2)12-16(19)4/h6-9,12-13,17H,5,10-11,14H2,1-4H3;8-13H,6-7,14H2,1-5H3;8-13H,6-7,14H2,1-5H3;6-11,22H,5,12-13H2,1-4H3;2*7-12H,6,13H2,1-5H3. The molecule has 144 heavy (non-hydrogen) atoms. The van der Waals surface area contributed by atoms with Crippen molar-refractivity contribution < 1.29 is 67.0 Å². The number of ether oxygens (including phenoxy) is 7. The number of carbonyl (C=O) groups excluding carboxylic acids is 6. The molecule has 20 heteroatoms. The van der Waals surface area contributed by atoms with E-state index >= 15 is 0 Å². The van der Waals surface area contributed by atoms with Crippen molar-refractivity contribution in [2.24, 2.45) is 0 Å². The van der Waals surface area contributed by atoms with Gasteiger partial charge in [0.1, 0.15) is 79.9 Å². The van der Waals surface area contributed by atoms with E-state index in [2.05, 4.69) is 148 Å². The molecule has 1 aliphatic carbocycles. The molecule has 0 atom stereocenters. The maximum Gasteiger partial charge on any atom is 0.226 e. The van der Waals surface area contributed by atoms with E-state index in [0.717, 1.165) is 164 Å². The van der Waals surface area contributed by atoms with Crippen LogP contribution in [0, 0.1) is 96.9 Å². The summed E-state index contributed by atoms with van der Waals surface area (Å²) < 4.78 is 42.1. The lowest BCUT2D eigenvalue weighted by atomic mass is 10.0. The molecule has 766 valence electrons. The van der Waals surface area contributed by atoms with Crippen molar-refractivity contribution in [3.05, 3.63) is 346 Å². The van der Waals surface area contributed by atoms with Crippen LogP contribution in [-0.2, 0) is 81.4 Å². The van der Waals surface area contributed by atoms with Crippen molar-refractivity contribution in [2.75, 3.05) is 78.3 Å². The number of aryl methyl sites for hydroxylation is 15. The van der Waals surface area contributed by atoms with Gasteiger partial charge in [-0.05, 0) is 269 Å². The lowest BCUT2D eigenvalue weighted by molar-refractivity contribution is -0.118. The molecule has 6 amide bonds. The average molecular weight is 1950 g/mol. The summed E-state index contributed by atoms with van der Waals surface area (Å²) in [5.74, 6) is 7.10. The minimum atomic E-state index is -0.0897. The number of hydrogen-bond donors (Lipinski definition) is 1. The van der Waals surface area contributed by atoms with Crippen LogP contribution in [0.4, 0.5) is 34.1 Å². The summed E-state index contributed by atoms with van der Waals surface area (Å²) in [6, 6.07) is 72.6. The predicted octanol–water partition coefficient (Wildman–Crippen LogP) is 27.5. The second-order valence-corrected chi connectivity index (χ2v) is 37.0. The number of benzene rings is 12. The number of nitrogens with zero attached hydrogens (tertiary/aromatic N) is 6. The maximum absolute atomic E-state index is 12.2. The Morgan fingerprint density at radius 1 is 0.250 bits per heavy atom. The van der Waals surface area contributed by atoms with Crippen LogP contribution in [0.25, 0.3) is 0 Å². The highest BCUT2D eigenvalue weighted by atomic mass is 16.5. The van der Waals surface area contributed by atoms with E-state index in [9.17, 15) is 33.9 Å². The normalized spacial score (nSPS) is 11.0. The third kappa shape index (κ3) is 32.5. The lowest BCUT2D eigenvalue weighted by Crippen LogP contribution is -2.27. The number of aliphatic hydroxyl groups is 1. The number of carbonyl (C=O) groups is 6. The van der Waals surface area contributed by atoms with Gasteiger partial charge in [-0.1, -0.05) is 221 Å². The number of hydrogen-bond acceptors (Lipinski definition) is 14. The molecule has 1 fully saturated rings. The minimum Gasteiger partial charge on any atom is -0.493 e. The molecule has 1 saturated carbocycles. The Morgan fingerprint density at radius 3 is 0.743 bits per heavy atom. The number of amides is 6. The van der Waals surface area contributed by atoms with Crippen LogP contribution in [0.2, 0.25) is 0 Å². The molecule has 13 rings (SSSR count). The number of anilines is 6. The molecule has 1 aliphatic rings. The fourth-order valence-corrected chi connectivity index (χ4v) is 17.1. The summed E-state index contributed by atoms with van der Waals surface area (Å²) in [4.78, 5) is 82.8. The van der Waals surface area contributed by atoms with Gasteiger partial charge < -0.3 is 67.7 Å². The molecular weight excluding hydrogens is 1800 g/mol. The smallest absolute Gasteiger partial charge is 0.226 e. The van der Waals surface area contributed by atoms with Crippen molar-refractivity contribution in [1.82, 2.24) is 0 Å². The molecule has 0 bridgehead atoms. The summed E-state index contributed by atoms with van der Waals surface area (Å²) in [6.45, 7) is 47.1. The average Bonchev–Trinajstić information content (AvgIpc) is 1.63. The van der Waals surface area contributed by atoms with Gasteiger partial charge >= 0.3 is 0 Å². The Hall–Kier alpha value is -14.0. The maximum atomic E-state index is 12.2. The monoisotopic (exact) mass is 1950 g/mol. The Morgan fingerprint density at radius 2 is 0.479 bits per heavy atom. The molecule has 0 aliphatic heterocycles. The van der Waals surface area contributed by atoms with Crippen LogP contribution in [-0.4, -0.2) is 89.4 Å². The summed E-state index contributed by atoms with van der Waals surface area (Å²) in [7, 11) is 10.9. The van der Waals surface area contributed by atoms with Gasteiger partial charge in [0.25, 0.3) is 0 Å². The molecule has 0 saturated heterocycles. The molecular formula is C124H156N6O14. The fraction of sp³-hybridized carbons (Fsp3) is 0.371. The van der Waals surface area contributed by atoms with Crippen LogP contribution in [0.1, 0.15) is 241 Å². The summed E-state index contributed by atoms with van der Waals surface area (Å²) in [6.07, 6.45) is 6.21. The number of aliphatic hydroxyl groups excluding tert-OH is 1. The largest absolute Gasteiger partial charge is 0.493 e. The topological polar surface area (TPSA) is 207 Å². The van der Waals surface area contributed by atoms with Gasteiger partial charge in [-0.25, -0.2) is 0 Å². The summed E-state index contributed by atoms with van der Waals surface area (Å²) in [5.41, 5.74) is 30.9. The highest BCUT2D eigenvalue weighted by Gasteiger charge is 2.30. The molecule has 0 aromatic heterocycles. The Kier molecular flexibility index (Phi) is 45.4. The van der Waals surface area contributed by atoms with Crippen LogP contribution in [0.5, 0.6) is 40.2 Å². The second kappa shape index (κ2) is 56.8. The zero-order valence-corrected chi connectivity index (χ0v) is 90.8. The van der Waals surface area contributed by atoms with Crippen molar-refractivity contribution in [3.63, 3.8) is 0 Å². The SMILES string of the molecule is CCC(=O)N(C)c1cccc(C)c1COc1ccc(C)cc1C.CCC(=O)N(C)c1cccc(C)c1COc1ccc(C)cc1C.CCC(=O)N(C)c1cccc(C2CC2)c1COc1ccc(C)cc1C.CCC(=O)N(C)c1cccc(CC)c1COc1ccc(C)cc1C.CCC(=O)N(C)c1cccc(CO)c1COc1ccc(C)cc1C.CCOc1cccc(N(C)C(=O)CC)c1COc1ccc(C)cc1C. The van der Waals surface area contributed by atoms with E-state index in [1.54, 1.807) is 43.5 Å². The van der Waals surface area contributed by atoms with Crippen LogP contribution < -0.4 is 62.6 Å². The third-order valence-electron chi connectivity index (χ3n) is 25.9. The highest BCUT2D eigenvalue weighted by molar-refractivity contribution is 5.97. The highest BCUT2D eigenvalue weighted by Crippen LogP contribution is 2.45. The zero-order chi connectivity index (χ0) is 106. The first kappa shape index (κ1) is 115. The summed E-state index contributed by atoms with van der Waals surface area (Å²) >= 11 is 0. The first-order chi connectivity index (χ1) is 68.8. The molecule has 0 spiro atoms. The van der Waals surface area contributed by atoms with E-state index in [1.807, 2.05) is 251 Å². The summed E-state index contributed by atoms with van der Waals surface area (Å²) in [5, 5.41) is 9.65. The third-order valence-corrected chi connectivity index (χ3v) is 25.9. The van der Waals surface area contributed by atoms with Gasteiger partial charge in [-0.2, -0.15) is 0 Å². The molecule has 0 heterocycles. The Balaban J connectivity index is 0.000000211. The van der Waals surface area contributed by atoms with Gasteiger partial charge in [-0.3, -0.25) is 28.8 Å². The fourth-order valence-electron chi connectivity index (χ4n) is 17.1. The quantitative estimate of drug-likeness (QED) is 0.0392. The van der Waals surface area contributed by atoms with Crippen LogP contribution >= 0.6 is 0 Å². The van der Waals surface area contributed by atoms with Crippen LogP contribution in [0.15, 0.2) is 218 Å². The van der Waals surface area contributed by atoms with Crippen LogP contribution in [0.3, 0.4) is 0 Å². The molecule has 0 unspecified atom stereocenters. The van der Waals surface area contributed by atoms with E-state index < -0.39 is 0 Å². The number of rotatable bonds is 35. The van der Waals surface area contributed by atoms with E-state index in [-0.39, 0.29) is 42.0 Å². The van der Waals surface area contributed by atoms with Crippen molar-refractivity contribution in [3.8, 4) is 40.2 Å². The van der Waals surface area contributed by atoms with Gasteiger partial charge in [0.15, 0.2) is 0 Å². The van der Waals surface area contributed by atoms with Crippen molar-refractivity contribution in [1.29, 1.82) is 0 Å². The molecule has 1 N–H and O–H groups in total. The van der Waals surface area contributed by atoms with Gasteiger partial charge in [-0.15, -0.1) is 0 Å². The van der Waals surface area contributed by atoms with Gasteiger partial charge in [0.05, 0.1) is 52.9 Å². The molecule has 12 aromatic carbocycles. The Bertz CT molecular complexity index is 6080. The van der Waals surface area contributed by atoms with Gasteiger partial charge in [0.2, 0.25) is 35.4 Å². The molecule has 20 nitrogen and oxygen atoms in total. The van der Waals surface area contributed by atoms with E-state index in [1.165, 1.54) is 57.3 Å². The zero-order valence-electron chi connectivity index (χ0n) is 90.8. The first-order valence-electron chi connectivity index (χ1n) is 50.5. The van der Waals surface area contributed by atoms with Crippen molar-refractivity contribution >= 4 is 69.6 Å².